The Morgan fingerprint density at radius 2 is 1.69 bits per heavy atom. The van der Waals surface area contributed by atoms with Crippen LogP contribution in [-0.4, -0.2) is 28.7 Å². The second kappa shape index (κ2) is 10.4. The van der Waals surface area contributed by atoms with Crippen LogP contribution >= 0.6 is 0 Å². The second-order valence-electron chi connectivity index (χ2n) is 9.21. The van der Waals surface area contributed by atoms with E-state index in [-0.39, 0.29) is 5.54 Å². The van der Waals surface area contributed by atoms with Crippen LogP contribution in [0.25, 0.3) is 11.1 Å². The van der Waals surface area contributed by atoms with Crippen molar-refractivity contribution in [3.05, 3.63) is 59.7 Å². The zero-order chi connectivity index (χ0) is 23.4. The SMILES string of the molecule is CC(N)(CCCCB(O)O)C1CC(NCc2ccccc2-c2ccc(C(F)(F)F)cc2)C1. The molecule has 5 N–H and O–H groups in total. The summed E-state index contributed by atoms with van der Waals surface area (Å²) < 4.78 is 38.6. The lowest BCUT2D eigenvalue weighted by molar-refractivity contribution is -0.137. The van der Waals surface area contributed by atoms with Gasteiger partial charge >= 0.3 is 13.3 Å². The van der Waals surface area contributed by atoms with Crippen molar-refractivity contribution in [1.29, 1.82) is 0 Å². The van der Waals surface area contributed by atoms with Gasteiger partial charge in [0.2, 0.25) is 0 Å². The summed E-state index contributed by atoms with van der Waals surface area (Å²) in [5.74, 6) is 0.421. The van der Waals surface area contributed by atoms with E-state index in [4.69, 9.17) is 15.8 Å². The van der Waals surface area contributed by atoms with Gasteiger partial charge in [-0.2, -0.15) is 13.2 Å². The summed E-state index contributed by atoms with van der Waals surface area (Å²) in [6.07, 6.45) is 0.491. The molecule has 1 atom stereocenters. The van der Waals surface area contributed by atoms with Gasteiger partial charge in [0.25, 0.3) is 0 Å². The number of hydrogen-bond donors (Lipinski definition) is 4. The van der Waals surface area contributed by atoms with E-state index < -0.39 is 18.9 Å². The number of benzene rings is 2. The van der Waals surface area contributed by atoms with Gasteiger partial charge in [0.1, 0.15) is 0 Å². The molecule has 174 valence electrons. The molecule has 0 aliphatic heterocycles. The average molecular weight is 448 g/mol. The van der Waals surface area contributed by atoms with Crippen LogP contribution < -0.4 is 11.1 Å². The molecule has 0 amide bonds. The van der Waals surface area contributed by atoms with Gasteiger partial charge in [0.05, 0.1) is 5.56 Å². The number of nitrogens with one attached hydrogen (secondary N) is 1. The Kier molecular flexibility index (Phi) is 8.04. The third-order valence-corrected chi connectivity index (χ3v) is 6.62. The summed E-state index contributed by atoms with van der Waals surface area (Å²) in [7, 11) is -1.25. The molecule has 1 saturated carbocycles. The molecule has 2 aromatic rings. The highest BCUT2D eigenvalue weighted by Gasteiger charge is 2.39. The summed E-state index contributed by atoms with van der Waals surface area (Å²) in [5.41, 5.74) is 8.36. The first-order chi connectivity index (χ1) is 15.1. The van der Waals surface area contributed by atoms with Crippen molar-refractivity contribution in [3.8, 4) is 11.1 Å². The number of halogens is 3. The molecular formula is C24H32BF3N2O2. The van der Waals surface area contributed by atoms with Crippen LogP contribution in [0, 0.1) is 5.92 Å². The van der Waals surface area contributed by atoms with Crippen LogP contribution in [0.3, 0.4) is 0 Å². The van der Waals surface area contributed by atoms with Crippen LogP contribution in [0.15, 0.2) is 48.5 Å². The lowest BCUT2D eigenvalue weighted by Crippen LogP contribution is -2.54. The van der Waals surface area contributed by atoms with Crippen molar-refractivity contribution in [3.63, 3.8) is 0 Å². The van der Waals surface area contributed by atoms with Crippen LogP contribution in [-0.2, 0) is 12.7 Å². The van der Waals surface area contributed by atoms with E-state index >= 15 is 0 Å². The molecule has 1 aliphatic carbocycles. The Morgan fingerprint density at radius 1 is 1.03 bits per heavy atom. The van der Waals surface area contributed by atoms with Crippen molar-refractivity contribution >= 4 is 7.12 Å². The van der Waals surface area contributed by atoms with Crippen molar-refractivity contribution < 1.29 is 23.2 Å². The molecule has 3 rings (SSSR count). The number of unbranched alkanes of at least 4 members (excludes halogenated alkanes) is 1. The van der Waals surface area contributed by atoms with E-state index in [0.717, 1.165) is 60.9 Å². The third kappa shape index (κ3) is 6.57. The molecule has 2 aromatic carbocycles. The molecule has 4 nitrogen and oxygen atoms in total. The predicted octanol–water partition coefficient (Wildman–Crippen LogP) is 4.60. The Bertz CT molecular complexity index is 866. The fourth-order valence-electron chi connectivity index (χ4n) is 4.41. The molecule has 0 bridgehead atoms. The van der Waals surface area contributed by atoms with E-state index in [1.54, 1.807) is 0 Å². The largest absolute Gasteiger partial charge is 0.451 e. The van der Waals surface area contributed by atoms with Gasteiger partial charge in [-0.25, -0.2) is 0 Å². The maximum Gasteiger partial charge on any atom is 0.451 e. The minimum absolute atomic E-state index is 0.267. The Balaban J connectivity index is 1.51. The molecule has 0 aromatic heterocycles. The third-order valence-electron chi connectivity index (χ3n) is 6.62. The fraction of sp³-hybridized carbons (Fsp3) is 0.500. The average Bonchev–Trinajstić information content (AvgIpc) is 2.69. The van der Waals surface area contributed by atoms with Crippen LogP contribution in [0.1, 0.15) is 50.2 Å². The van der Waals surface area contributed by atoms with Gasteiger partial charge in [0, 0.05) is 18.1 Å². The Hall–Kier alpha value is -1.87. The number of hydrogen-bond acceptors (Lipinski definition) is 4. The highest BCUT2D eigenvalue weighted by atomic mass is 19.4. The summed E-state index contributed by atoms with van der Waals surface area (Å²) in [4.78, 5) is 0. The van der Waals surface area contributed by atoms with Crippen molar-refractivity contribution in [1.82, 2.24) is 5.32 Å². The van der Waals surface area contributed by atoms with Crippen molar-refractivity contribution in [2.45, 2.75) is 69.6 Å². The van der Waals surface area contributed by atoms with E-state index in [0.29, 0.717) is 24.8 Å². The molecular weight excluding hydrogens is 416 g/mol. The topological polar surface area (TPSA) is 78.5 Å². The molecule has 8 heteroatoms. The van der Waals surface area contributed by atoms with Gasteiger partial charge < -0.3 is 21.1 Å². The van der Waals surface area contributed by atoms with Gasteiger partial charge in [-0.3, -0.25) is 0 Å². The van der Waals surface area contributed by atoms with E-state index in [9.17, 15) is 13.2 Å². The minimum atomic E-state index is -4.34. The highest BCUT2D eigenvalue weighted by molar-refractivity contribution is 6.40. The smallest absolute Gasteiger partial charge is 0.427 e. The molecule has 1 fully saturated rings. The second-order valence-corrected chi connectivity index (χ2v) is 9.21. The molecule has 0 radical (unpaired) electrons. The fourth-order valence-corrected chi connectivity index (χ4v) is 4.41. The lowest BCUT2D eigenvalue weighted by Gasteiger charge is -2.46. The molecule has 0 heterocycles. The van der Waals surface area contributed by atoms with E-state index in [2.05, 4.69) is 12.2 Å². The number of rotatable bonds is 10. The summed E-state index contributed by atoms with van der Waals surface area (Å²) >= 11 is 0. The zero-order valence-corrected chi connectivity index (χ0v) is 18.4. The zero-order valence-electron chi connectivity index (χ0n) is 18.4. The first-order valence-electron chi connectivity index (χ1n) is 11.2. The normalized spacial score (nSPS) is 20.5. The summed E-state index contributed by atoms with van der Waals surface area (Å²) in [6.45, 7) is 2.72. The highest BCUT2D eigenvalue weighted by Crippen LogP contribution is 2.38. The van der Waals surface area contributed by atoms with E-state index in [1.165, 1.54) is 12.1 Å². The molecule has 0 saturated heterocycles. The predicted molar refractivity (Wildman–Crippen MR) is 122 cm³/mol. The van der Waals surface area contributed by atoms with Crippen LogP contribution in [0.2, 0.25) is 6.32 Å². The minimum Gasteiger partial charge on any atom is -0.427 e. The van der Waals surface area contributed by atoms with Crippen molar-refractivity contribution in [2.75, 3.05) is 0 Å². The quantitative estimate of drug-likeness (QED) is 0.317. The molecule has 0 spiro atoms. The molecule has 1 unspecified atom stereocenters. The molecule has 1 aliphatic rings. The Labute approximate surface area is 188 Å². The van der Waals surface area contributed by atoms with Gasteiger partial charge in [-0.05, 0) is 67.2 Å². The van der Waals surface area contributed by atoms with Gasteiger partial charge in [0.15, 0.2) is 0 Å². The maximum atomic E-state index is 12.9. The Morgan fingerprint density at radius 3 is 2.31 bits per heavy atom. The standard InChI is InChI=1S/C24H32BF3N2O2/c1-23(29,12-4-5-13-25(31)32)20-14-21(15-20)30-16-18-6-2-3-7-22(18)17-8-10-19(11-9-17)24(26,27)28/h2-3,6-11,20-21,30-32H,4-5,12-16,29H2,1H3. The van der Waals surface area contributed by atoms with Gasteiger partial charge in [-0.1, -0.05) is 49.2 Å². The summed E-state index contributed by atoms with van der Waals surface area (Å²) in [5, 5.41) is 21.5. The monoisotopic (exact) mass is 448 g/mol. The first kappa shape index (κ1) is 24.8. The van der Waals surface area contributed by atoms with Gasteiger partial charge in [-0.15, -0.1) is 0 Å². The van der Waals surface area contributed by atoms with Crippen LogP contribution in [0.4, 0.5) is 13.2 Å². The van der Waals surface area contributed by atoms with Crippen LogP contribution in [0.5, 0.6) is 0 Å². The maximum absolute atomic E-state index is 12.9. The molecule has 32 heavy (non-hydrogen) atoms. The summed E-state index contributed by atoms with van der Waals surface area (Å²) in [6, 6.07) is 13.4. The number of nitrogens with two attached hydrogens (primary N) is 1. The lowest BCUT2D eigenvalue weighted by atomic mass is 9.67. The van der Waals surface area contributed by atoms with Crippen molar-refractivity contribution in [2.24, 2.45) is 11.7 Å². The number of alkyl halides is 3. The van der Waals surface area contributed by atoms with E-state index in [1.807, 2.05) is 24.3 Å². The first-order valence-corrected chi connectivity index (χ1v) is 11.2.